The second kappa shape index (κ2) is 9.69. The number of nitrogens with zero attached hydrogens (tertiary/aromatic N) is 2. The number of hydrogen-bond acceptors (Lipinski definition) is 4. The van der Waals surface area contributed by atoms with Crippen molar-refractivity contribution in [1.29, 1.82) is 0 Å². The van der Waals surface area contributed by atoms with Crippen molar-refractivity contribution >= 4 is 16.7 Å². The van der Waals surface area contributed by atoms with Crippen LogP contribution in [0.1, 0.15) is 53.6 Å². The van der Waals surface area contributed by atoms with Crippen molar-refractivity contribution in [3.8, 4) is 11.1 Å². The molecule has 7 heteroatoms. The predicted molar refractivity (Wildman–Crippen MR) is 144 cm³/mol. The van der Waals surface area contributed by atoms with Crippen LogP contribution in [0.25, 0.3) is 21.9 Å². The van der Waals surface area contributed by atoms with E-state index in [-0.39, 0.29) is 17.5 Å². The molecule has 2 saturated carbocycles. The molecule has 1 atom stereocenters. The fraction of sp³-hybridized carbons (Fsp3) is 0.467. The minimum absolute atomic E-state index is 0.0344. The van der Waals surface area contributed by atoms with Gasteiger partial charge in [-0.15, -0.1) is 0 Å². The average molecular weight is 503 g/mol. The highest BCUT2D eigenvalue weighted by molar-refractivity contribution is 5.97. The van der Waals surface area contributed by atoms with Gasteiger partial charge < -0.3 is 15.2 Å². The summed E-state index contributed by atoms with van der Waals surface area (Å²) in [5.41, 5.74) is 3.50. The Hall–Kier alpha value is -3.03. The zero-order chi connectivity index (χ0) is 25.7. The molecule has 194 valence electrons. The minimum atomic E-state index is -0.395. The third-order valence-corrected chi connectivity index (χ3v) is 8.22. The van der Waals surface area contributed by atoms with Gasteiger partial charge in [0.2, 0.25) is 0 Å². The Labute approximate surface area is 216 Å². The van der Waals surface area contributed by atoms with Gasteiger partial charge in [0.1, 0.15) is 5.82 Å². The van der Waals surface area contributed by atoms with Gasteiger partial charge in [0.25, 0.3) is 11.5 Å². The van der Waals surface area contributed by atoms with E-state index in [1.807, 2.05) is 36.0 Å². The fourth-order valence-corrected chi connectivity index (χ4v) is 5.53. The lowest BCUT2D eigenvalue weighted by Crippen LogP contribution is -2.30. The van der Waals surface area contributed by atoms with Crippen LogP contribution in [0.15, 0.2) is 41.3 Å². The van der Waals surface area contributed by atoms with Crippen LogP contribution < -0.4 is 16.2 Å². The number of hydrogen-bond donors (Lipinski definition) is 2. The number of nitrogens with one attached hydrogen (secondary N) is 2. The number of halogens is 1. The molecule has 1 aromatic heterocycles. The molecule has 0 radical (unpaired) electrons. The van der Waals surface area contributed by atoms with Gasteiger partial charge in [0.15, 0.2) is 0 Å². The minimum Gasteiger partial charge on any atom is -0.349 e. The van der Waals surface area contributed by atoms with Gasteiger partial charge in [-0.05, 0) is 104 Å². The molecule has 2 N–H and O–H groups in total. The van der Waals surface area contributed by atoms with E-state index in [0.717, 1.165) is 62.0 Å². The van der Waals surface area contributed by atoms with Gasteiger partial charge in [-0.1, -0.05) is 6.07 Å². The highest BCUT2D eigenvalue weighted by atomic mass is 19.1. The summed E-state index contributed by atoms with van der Waals surface area (Å²) in [6, 6.07) is 9.59. The van der Waals surface area contributed by atoms with Gasteiger partial charge in [-0.2, -0.15) is 0 Å². The highest BCUT2D eigenvalue weighted by Gasteiger charge is 2.26. The van der Waals surface area contributed by atoms with Crippen molar-refractivity contribution < 1.29 is 9.18 Å². The monoisotopic (exact) mass is 502 g/mol. The first-order valence-corrected chi connectivity index (χ1v) is 13.6. The van der Waals surface area contributed by atoms with Crippen LogP contribution in [0.4, 0.5) is 4.39 Å². The maximum atomic E-state index is 15.0. The normalized spacial score (nSPS) is 20.0. The number of amides is 1. The molecule has 0 spiro atoms. The maximum absolute atomic E-state index is 15.0. The molecule has 3 fully saturated rings. The molecular formula is C30H35FN4O2. The van der Waals surface area contributed by atoms with Crippen molar-refractivity contribution in [1.82, 2.24) is 20.1 Å². The van der Waals surface area contributed by atoms with Gasteiger partial charge in [0, 0.05) is 55.4 Å². The summed E-state index contributed by atoms with van der Waals surface area (Å²) in [5.74, 6) is -0.0353. The van der Waals surface area contributed by atoms with Gasteiger partial charge in [-0.25, -0.2) is 4.39 Å². The first kappa shape index (κ1) is 24.3. The number of carbonyl (C=O) groups is 1. The Balaban J connectivity index is 1.42. The quantitative estimate of drug-likeness (QED) is 0.484. The summed E-state index contributed by atoms with van der Waals surface area (Å²) in [5, 5.41) is 7.95. The number of pyridine rings is 1. The van der Waals surface area contributed by atoms with E-state index in [0.29, 0.717) is 34.0 Å². The van der Waals surface area contributed by atoms with Crippen molar-refractivity contribution in [2.75, 3.05) is 20.1 Å². The summed E-state index contributed by atoms with van der Waals surface area (Å²) in [7, 11) is 2.01. The molecule has 2 aliphatic carbocycles. The van der Waals surface area contributed by atoms with Crippen LogP contribution in [0.5, 0.6) is 0 Å². The van der Waals surface area contributed by atoms with E-state index in [1.54, 1.807) is 13.0 Å². The molecule has 1 amide bonds. The zero-order valence-electron chi connectivity index (χ0n) is 21.6. The second-order valence-corrected chi connectivity index (χ2v) is 11.2. The summed E-state index contributed by atoms with van der Waals surface area (Å²) in [6.45, 7) is 5.26. The van der Waals surface area contributed by atoms with Crippen molar-refractivity contribution in [3.63, 3.8) is 0 Å². The summed E-state index contributed by atoms with van der Waals surface area (Å²) < 4.78 is 16.9. The van der Waals surface area contributed by atoms with E-state index >= 15 is 0 Å². The highest BCUT2D eigenvalue weighted by Crippen LogP contribution is 2.33. The van der Waals surface area contributed by atoms with Crippen molar-refractivity contribution in [2.45, 2.75) is 64.2 Å². The number of carbonyl (C=O) groups excluding carboxylic acids is 1. The molecular weight excluding hydrogens is 467 g/mol. The van der Waals surface area contributed by atoms with Gasteiger partial charge in [-0.3, -0.25) is 14.5 Å². The SMILES string of the molecule is CNC1CCN(Cc2cn(CC3CC3)c(=O)c3ccc(-c4cc(C(=O)NC5CC5)cc(F)c4C)cc23)C1. The van der Waals surface area contributed by atoms with Crippen LogP contribution in [-0.2, 0) is 13.1 Å². The number of fused-ring (bicyclic) bond motifs is 1. The Morgan fingerprint density at radius 1 is 1.05 bits per heavy atom. The van der Waals surface area contributed by atoms with Crippen molar-refractivity contribution in [3.05, 3.63) is 69.4 Å². The molecule has 3 aliphatic rings. The maximum Gasteiger partial charge on any atom is 0.258 e. The Kier molecular flexibility index (Phi) is 6.37. The molecule has 1 saturated heterocycles. The molecule has 6 rings (SSSR count). The molecule has 1 aliphatic heterocycles. The molecule has 2 heterocycles. The largest absolute Gasteiger partial charge is 0.349 e. The molecule has 6 nitrogen and oxygen atoms in total. The second-order valence-electron chi connectivity index (χ2n) is 11.2. The lowest BCUT2D eigenvalue weighted by atomic mass is 9.94. The van der Waals surface area contributed by atoms with Crippen LogP contribution in [0.2, 0.25) is 0 Å². The predicted octanol–water partition coefficient (Wildman–Crippen LogP) is 4.21. The molecule has 37 heavy (non-hydrogen) atoms. The average Bonchev–Trinajstić information content (AvgIpc) is 3.83. The van der Waals surface area contributed by atoms with Crippen LogP contribution in [0.3, 0.4) is 0 Å². The zero-order valence-corrected chi connectivity index (χ0v) is 21.6. The lowest BCUT2D eigenvalue weighted by molar-refractivity contribution is 0.0950. The smallest absolute Gasteiger partial charge is 0.258 e. The summed E-state index contributed by atoms with van der Waals surface area (Å²) in [4.78, 5) is 28.6. The van der Waals surface area contributed by atoms with E-state index in [1.165, 1.54) is 18.9 Å². The molecule has 1 unspecified atom stereocenters. The van der Waals surface area contributed by atoms with Crippen LogP contribution >= 0.6 is 0 Å². The lowest BCUT2D eigenvalue weighted by Gasteiger charge is -2.20. The Bertz CT molecular complexity index is 1420. The summed E-state index contributed by atoms with van der Waals surface area (Å²) >= 11 is 0. The number of likely N-dealkylation sites (tertiary alicyclic amines) is 1. The molecule has 3 aromatic rings. The molecule has 0 bridgehead atoms. The molecule has 2 aromatic carbocycles. The van der Waals surface area contributed by atoms with E-state index < -0.39 is 5.82 Å². The summed E-state index contributed by atoms with van der Waals surface area (Å²) in [6.07, 6.45) is 7.48. The van der Waals surface area contributed by atoms with E-state index in [2.05, 4.69) is 15.5 Å². The van der Waals surface area contributed by atoms with Crippen LogP contribution in [-0.4, -0.2) is 47.6 Å². The number of aromatic nitrogens is 1. The van der Waals surface area contributed by atoms with Gasteiger partial charge >= 0.3 is 0 Å². The third-order valence-electron chi connectivity index (χ3n) is 8.22. The number of rotatable bonds is 8. The first-order chi connectivity index (χ1) is 17.9. The first-order valence-electron chi connectivity index (χ1n) is 13.6. The Morgan fingerprint density at radius 2 is 1.86 bits per heavy atom. The Morgan fingerprint density at radius 3 is 2.57 bits per heavy atom. The fourth-order valence-electron chi connectivity index (χ4n) is 5.53. The van der Waals surface area contributed by atoms with E-state index in [4.69, 9.17) is 0 Å². The number of benzene rings is 2. The number of likely N-dealkylation sites (N-methyl/N-ethyl adjacent to an activating group) is 1. The topological polar surface area (TPSA) is 66.4 Å². The standard InChI is InChI=1S/C30H35FN4O2/c1-18-26(12-21(13-28(18)31)29(36)33-23-6-7-23)20-5-8-25-27(11-20)22(15-34-10-9-24(17-34)32-2)16-35(30(25)37)14-19-3-4-19/h5,8,11-13,16,19,23-24,32H,3-4,6-7,9-10,14-15,17H2,1-2H3,(H,33,36). The van der Waals surface area contributed by atoms with Crippen LogP contribution in [0, 0.1) is 18.7 Å². The third kappa shape index (κ3) is 5.07. The van der Waals surface area contributed by atoms with E-state index in [9.17, 15) is 14.0 Å². The van der Waals surface area contributed by atoms with Crippen molar-refractivity contribution in [2.24, 2.45) is 5.92 Å². The van der Waals surface area contributed by atoms with Gasteiger partial charge in [0.05, 0.1) is 0 Å².